The minimum atomic E-state index is -5.83. The number of hydrazine groups is 1. The van der Waals surface area contributed by atoms with Gasteiger partial charge in [-0.2, -0.15) is 27.1 Å². The number of alkyl halides is 5. The maximum absolute atomic E-state index is 14.1. The zero-order chi connectivity index (χ0) is 20.0. The molecule has 146 valence electrons. The highest BCUT2D eigenvalue weighted by atomic mass is 19.4. The van der Waals surface area contributed by atoms with Gasteiger partial charge in [0.15, 0.2) is 5.69 Å². The van der Waals surface area contributed by atoms with E-state index in [0.717, 1.165) is 18.2 Å². The minimum absolute atomic E-state index is 0.219. The summed E-state index contributed by atoms with van der Waals surface area (Å²) in [6, 6.07) is 2.28. The molecule has 4 N–H and O–H groups in total. The van der Waals surface area contributed by atoms with Crippen LogP contribution in [0.5, 0.6) is 0 Å². The zero-order valence-electron chi connectivity index (χ0n) is 13.4. The number of nitrogen functional groups attached to an aromatic ring is 1. The molecule has 2 atom stereocenters. The Morgan fingerprint density at radius 1 is 1.22 bits per heavy atom. The molecule has 3 rings (SSSR count). The maximum Gasteiger partial charge on any atom is 0.455 e. The summed E-state index contributed by atoms with van der Waals surface area (Å²) in [5, 5.41) is 6.29. The van der Waals surface area contributed by atoms with Crippen molar-refractivity contribution in [1.29, 1.82) is 0 Å². The van der Waals surface area contributed by atoms with Crippen LogP contribution in [0.4, 0.5) is 32.2 Å². The number of fused-ring (bicyclic) bond motifs is 1. The summed E-state index contributed by atoms with van der Waals surface area (Å²) in [6.07, 6.45) is -6.53. The van der Waals surface area contributed by atoms with Gasteiger partial charge in [0.05, 0.1) is 6.04 Å². The Labute approximate surface area is 148 Å². The van der Waals surface area contributed by atoms with Gasteiger partial charge in [0.2, 0.25) is 0 Å². The lowest BCUT2D eigenvalue weighted by molar-refractivity contribution is -0.301. The molecule has 0 saturated carbocycles. The first-order valence-electron chi connectivity index (χ1n) is 7.61. The van der Waals surface area contributed by atoms with Crippen LogP contribution in [0.2, 0.25) is 0 Å². The average Bonchev–Trinajstić information content (AvgIpc) is 3.03. The zero-order valence-corrected chi connectivity index (χ0v) is 13.4. The average molecular weight is 393 g/mol. The maximum atomic E-state index is 14.1. The van der Waals surface area contributed by atoms with Crippen LogP contribution in [0.15, 0.2) is 30.3 Å². The highest BCUT2D eigenvalue weighted by molar-refractivity contribution is 5.92. The Kier molecular flexibility index (Phi) is 4.54. The fraction of sp³-hybridized carbons (Fsp3) is 0.333. The van der Waals surface area contributed by atoms with Crippen LogP contribution in [0.25, 0.3) is 0 Å². The van der Waals surface area contributed by atoms with Crippen LogP contribution in [0.3, 0.4) is 0 Å². The number of halogens is 6. The minimum Gasteiger partial charge on any atom is -0.363 e. The van der Waals surface area contributed by atoms with E-state index in [4.69, 9.17) is 5.84 Å². The second-order valence-corrected chi connectivity index (χ2v) is 5.95. The first-order chi connectivity index (χ1) is 12.5. The lowest BCUT2D eigenvalue weighted by atomic mass is 9.93. The Morgan fingerprint density at radius 3 is 2.41 bits per heavy atom. The van der Waals surface area contributed by atoms with Gasteiger partial charge in [-0.1, -0.05) is 12.1 Å². The van der Waals surface area contributed by atoms with Crippen molar-refractivity contribution in [1.82, 2.24) is 15.2 Å². The van der Waals surface area contributed by atoms with E-state index in [2.05, 4.69) is 10.4 Å². The summed E-state index contributed by atoms with van der Waals surface area (Å²) in [7, 11) is 0. The van der Waals surface area contributed by atoms with Crippen molar-refractivity contribution in [3.63, 3.8) is 0 Å². The molecule has 0 spiro atoms. The van der Waals surface area contributed by atoms with E-state index in [9.17, 15) is 31.1 Å². The molecule has 0 fully saturated rings. The van der Waals surface area contributed by atoms with E-state index in [1.807, 2.05) is 0 Å². The van der Waals surface area contributed by atoms with Crippen molar-refractivity contribution < 1.29 is 31.1 Å². The summed E-state index contributed by atoms with van der Waals surface area (Å²) < 4.78 is 80.7. The predicted molar refractivity (Wildman–Crippen MR) is 81.3 cm³/mol. The van der Waals surface area contributed by atoms with Crippen LogP contribution in [0.1, 0.15) is 34.6 Å². The van der Waals surface area contributed by atoms with Gasteiger partial charge in [0.25, 0.3) is 5.91 Å². The van der Waals surface area contributed by atoms with Gasteiger partial charge >= 0.3 is 12.1 Å². The number of hydrogen-bond acceptors (Lipinski definition) is 4. The lowest BCUT2D eigenvalue weighted by Crippen LogP contribution is -2.47. The Balaban J connectivity index is 2.07. The molecule has 27 heavy (non-hydrogen) atoms. The summed E-state index contributed by atoms with van der Waals surface area (Å²) in [4.78, 5) is 11.6. The van der Waals surface area contributed by atoms with Gasteiger partial charge in [-0.05, 0) is 17.7 Å². The Bertz CT molecular complexity index is 847. The van der Waals surface area contributed by atoms with Gasteiger partial charge < -0.3 is 5.32 Å². The van der Waals surface area contributed by atoms with Crippen LogP contribution < -0.4 is 16.6 Å². The fourth-order valence-corrected chi connectivity index (χ4v) is 2.89. The van der Waals surface area contributed by atoms with Crippen LogP contribution in [-0.2, 0) is 0 Å². The molecule has 1 aromatic carbocycles. The first kappa shape index (κ1) is 19.0. The third-order valence-corrected chi connectivity index (χ3v) is 4.24. The number of nitrogens with one attached hydrogen (secondary N) is 2. The molecule has 0 saturated heterocycles. The summed E-state index contributed by atoms with van der Waals surface area (Å²) in [6.45, 7) is 0. The van der Waals surface area contributed by atoms with Gasteiger partial charge in [-0.25, -0.2) is 14.9 Å². The van der Waals surface area contributed by atoms with E-state index in [1.165, 1.54) is 12.1 Å². The molecule has 12 heteroatoms. The molecule has 0 bridgehead atoms. The molecular weight excluding hydrogens is 380 g/mol. The highest BCUT2D eigenvalue weighted by Gasteiger charge is 2.64. The fourth-order valence-electron chi connectivity index (χ4n) is 2.89. The topological polar surface area (TPSA) is 85.0 Å². The molecule has 2 aromatic rings. The number of anilines is 1. The molecule has 2 heterocycles. The molecule has 1 aromatic heterocycles. The molecule has 1 aliphatic heterocycles. The van der Waals surface area contributed by atoms with Gasteiger partial charge in [-0.3, -0.25) is 10.2 Å². The highest BCUT2D eigenvalue weighted by Crippen LogP contribution is 2.50. The van der Waals surface area contributed by atoms with Crippen molar-refractivity contribution in [2.75, 3.05) is 5.32 Å². The number of aromatic nitrogens is 2. The lowest BCUT2D eigenvalue weighted by Gasteiger charge is -2.37. The quantitative estimate of drug-likeness (QED) is 0.324. The van der Waals surface area contributed by atoms with Crippen molar-refractivity contribution in [3.8, 4) is 0 Å². The molecule has 0 unspecified atom stereocenters. The largest absolute Gasteiger partial charge is 0.455 e. The third-order valence-electron chi connectivity index (χ3n) is 4.24. The standard InChI is InChI=1S/C15H13F6N5O/c16-8-3-1-7(2-4-8)9-5-11(14(17,18)15(19,20)21)26-12(23-9)6-10(25-26)13(27)24-22/h1-4,6,9,11,23H,5,22H2,(H,24,27)/t9-,11+/m1/s1. The molecule has 6 nitrogen and oxygen atoms in total. The summed E-state index contributed by atoms with van der Waals surface area (Å²) in [5.74, 6) is -1.93. The summed E-state index contributed by atoms with van der Waals surface area (Å²) in [5.41, 5.74) is 1.60. The number of nitrogens with zero attached hydrogens (tertiary/aromatic N) is 2. The predicted octanol–water partition coefficient (Wildman–Crippen LogP) is 2.92. The Hall–Kier alpha value is -2.76. The number of nitrogens with two attached hydrogens (primary N) is 1. The van der Waals surface area contributed by atoms with Crippen molar-refractivity contribution in [2.24, 2.45) is 5.84 Å². The SMILES string of the molecule is NNC(=O)c1cc2n(n1)[C@H](C(F)(F)C(F)(F)F)C[C@H](c1ccc(F)cc1)N2. The van der Waals surface area contributed by atoms with Crippen molar-refractivity contribution >= 4 is 11.7 Å². The van der Waals surface area contributed by atoms with Crippen molar-refractivity contribution in [3.05, 3.63) is 47.4 Å². The number of rotatable bonds is 3. The molecule has 0 radical (unpaired) electrons. The molecule has 1 aliphatic rings. The van der Waals surface area contributed by atoms with Crippen LogP contribution in [0, 0.1) is 5.82 Å². The number of hydrogen-bond donors (Lipinski definition) is 3. The number of amides is 1. The molecule has 1 amide bonds. The number of benzene rings is 1. The summed E-state index contributed by atoms with van der Waals surface area (Å²) >= 11 is 0. The monoisotopic (exact) mass is 393 g/mol. The molecule has 0 aliphatic carbocycles. The van der Waals surface area contributed by atoms with E-state index in [-0.39, 0.29) is 5.82 Å². The van der Waals surface area contributed by atoms with Gasteiger partial charge in [0, 0.05) is 12.5 Å². The van der Waals surface area contributed by atoms with E-state index < -0.39 is 48.0 Å². The van der Waals surface area contributed by atoms with Crippen molar-refractivity contribution in [2.45, 2.75) is 30.6 Å². The van der Waals surface area contributed by atoms with E-state index >= 15 is 0 Å². The number of carbonyl (C=O) groups is 1. The smallest absolute Gasteiger partial charge is 0.363 e. The van der Waals surface area contributed by atoms with Crippen LogP contribution >= 0.6 is 0 Å². The number of carbonyl (C=O) groups excluding carboxylic acids is 1. The third kappa shape index (κ3) is 3.31. The van der Waals surface area contributed by atoms with E-state index in [0.29, 0.717) is 10.2 Å². The van der Waals surface area contributed by atoms with E-state index in [1.54, 1.807) is 5.43 Å². The first-order valence-corrected chi connectivity index (χ1v) is 7.61. The second-order valence-electron chi connectivity index (χ2n) is 5.95. The van der Waals surface area contributed by atoms with Crippen LogP contribution in [-0.4, -0.2) is 27.8 Å². The van der Waals surface area contributed by atoms with Gasteiger partial charge in [-0.15, -0.1) is 0 Å². The Morgan fingerprint density at radius 2 is 1.85 bits per heavy atom. The normalized spacial score (nSPS) is 20.0. The van der Waals surface area contributed by atoms with Gasteiger partial charge in [0.1, 0.15) is 17.7 Å². The molecular formula is C15H13F6N5O. The second kappa shape index (κ2) is 6.44.